The number of amides is 1. The molecule has 0 spiro atoms. The molecule has 0 aliphatic rings. The highest BCUT2D eigenvalue weighted by atomic mass is 127. The van der Waals surface area contributed by atoms with Crippen LogP contribution in [-0.4, -0.2) is 25.5 Å². The van der Waals surface area contributed by atoms with E-state index in [4.69, 9.17) is 4.74 Å². The number of esters is 1. The molecule has 2 N–H and O–H groups in total. The maximum Gasteiger partial charge on any atom is 0.307 e. The van der Waals surface area contributed by atoms with Gasteiger partial charge in [-0.25, -0.2) is 0 Å². The number of nitrogens with one attached hydrogen (secondary N) is 2. The fourth-order valence-corrected chi connectivity index (χ4v) is 2.60. The number of benzene rings is 2. The van der Waals surface area contributed by atoms with Crippen LogP contribution in [0.2, 0.25) is 0 Å². The van der Waals surface area contributed by atoms with E-state index in [1.165, 1.54) is 0 Å². The lowest BCUT2D eigenvalue weighted by Gasteiger charge is -2.10. The van der Waals surface area contributed by atoms with Gasteiger partial charge in [0.15, 0.2) is 0 Å². The van der Waals surface area contributed by atoms with Crippen LogP contribution in [0.3, 0.4) is 0 Å². The van der Waals surface area contributed by atoms with Gasteiger partial charge in [0.2, 0.25) is 0 Å². The van der Waals surface area contributed by atoms with E-state index < -0.39 is 0 Å². The van der Waals surface area contributed by atoms with Crippen LogP contribution in [-0.2, 0) is 16.1 Å². The lowest BCUT2D eigenvalue weighted by Crippen LogP contribution is -2.27. The molecule has 0 bridgehead atoms. The first-order valence-electron chi connectivity index (χ1n) is 7.55. The lowest BCUT2D eigenvalue weighted by atomic mass is 10.1. The van der Waals surface area contributed by atoms with E-state index >= 15 is 0 Å². The van der Waals surface area contributed by atoms with Crippen molar-refractivity contribution in [1.29, 1.82) is 0 Å². The van der Waals surface area contributed by atoms with E-state index in [1.54, 1.807) is 13.1 Å². The number of ether oxygens (including phenoxy) is 1. The number of hydrogen-bond acceptors (Lipinski definition) is 4. The first-order valence-corrected chi connectivity index (χ1v) is 8.63. The summed E-state index contributed by atoms with van der Waals surface area (Å²) in [6, 6.07) is 15.0. The third-order valence-corrected chi connectivity index (χ3v) is 4.02. The van der Waals surface area contributed by atoms with E-state index in [-0.39, 0.29) is 31.4 Å². The smallest absolute Gasteiger partial charge is 0.307 e. The first kappa shape index (κ1) is 18.3. The van der Waals surface area contributed by atoms with Crippen LogP contribution in [0.25, 0.3) is 0 Å². The SMILES string of the molecule is CNc1cc(I)ccc1C(=O)NCCC(=O)OCc1ccccc1. The van der Waals surface area contributed by atoms with Gasteiger partial charge in [0.1, 0.15) is 6.61 Å². The zero-order chi connectivity index (χ0) is 17.4. The number of hydrogen-bond donors (Lipinski definition) is 2. The first-order chi connectivity index (χ1) is 11.6. The molecule has 0 aliphatic heterocycles. The standard InChI is InChI=1S/C18H19IN2O3/c1-20-16-11-14(19)7-8-15(16)18(23)21-10-9-17(22)24-12-13-5-3-2-4-6-13/h2-8,11,20H,9-10,12H2,1H3,(H,21,23). The molecule has 0 atom stereocenters. The molecule has 0 radical (unpaired) electrons. The van der Waals surface area contributed by atoms with Crippen molar-refractivity contribution >= 4 is 40.2 Å². The van der Waals surface area contributed by atoms with Gasteiger partial charge < -0.3 is 15.4 Å². The van der Waals surface area contributed by atoms with E-state index in [0.717, 1.165) is 14.8 Å². The Hall–Kier alpha value is -2.09. The Kier molecular flexibility index (Phi) is 7.05. The summed E-state index contributed by atoms with van der Waals surface area (Å²) in [6.45, 7) is 0.482. The van der Waals surface area contributed by atoms with Gasteiger partial charge in [0, 0.05) is 22.8 Å². The summed E-state index contributed by atoms with van der Waals surface area (Å²) in [4.78, 5) is 23.9. The van der Waals surface area contributed by atoms with Crippen LogP contribution in [0.5, 0.6) is 0 Å². The second kappa shape index (κ2) is 9.27. The van der Waals surface area contributed by atoms with Gasteiger partial charge in [-0.3, -0.25) is 9.59 Å². The highest BCUT2D eigenvalue weighted by Crippen LogP contribution is 2.18. The monoisotopic (exact) mass is 438 g/mol. The Bertz CT molecular complexity index is 705. The van der Waals surface area contributed by atoms with Crippen LogP contribution < -0.4 is 10.6 Å². The summed E-state index contributed by atoms with van der Waals surface area (Å²) >= 11 is 2.19. The maximum absolute atomic E-state index is 12.2. The van der Waals surface area contributed by atoms with E-state index in [2.05, 4.69) is 33.2 Å². The van der Waals surface area contributed by atoms with Crippen molar-refractivity contribution < 1.29 is 14.3 Å². The number of anilines is 1. The Labute approximate surface area is 154 Å². The van der Waals surface area contributed by atoms with Crippen LogP contribution in [0.1, 0.15) is 22.3 Å². The zero-order valence-electron chi connectivity index (χ0n) is 13.3. The molecule has 126 valence electrons. The number of carbonyl (C=O) groups excluding carboxylic acids is 2. The van der Waals surface area contributed by atoms with E-state index in [0.29, 0.717) is 5.56 Å². The van der Waals surface area contributed by atoms with Crippen molar-refractivity contribution in [3.05, 3.63) is 63.2 Å². The van der Waals surface area contributed by atoms with Gasteiger partial charge in [-0.15, -0.1) is 0 Å². The minimum absolute atomic E-state index is 0.137. The average molecular weight is 438 g/mol. The van der Waals surface area contributed by atoms with Crippen molar-refractivity contribution in [2.75, 3.05) is 18.9 Å². The summed E-state index contributed by atoms with van der Waals surface area (Å²) in [7, 11) is 1.77. The highest BCUT2D eigenvalue weighted by molar-refractivity contribution is 14.1. The molecular formula is C18H19IN2O3. The predicted octanol–water partition coefficient (Wildman–Crippen LogP) is 3.20. The Morgan fingerprint density at radius 2 is 1.88 bits per heavy atom. The molecule has 0 saturated carbocycles. The molecule has 0 unspecified atom stereocenters. The Balaban J connectivity index is 1.77. The minimum atomic E-state index is -0.337. The molecule has 24 heavy (non-hydrogen) atoms. The van der Waals surface area contributed by atoms with Gasteiger partial charge in [-0.05, 0) is 46.4 Å². The fourth-order valence-electron chi connectivity index (χ4n) is 2.10. The summed E-state index contributed by atoms with van der Waals surface area (Å²) in [5.74, 6) is -0.554. The van der Waals surface area contributed by atoms with Crippen molar-refractivity contribution in [3.63, 3.8) is 0 Å². The Morgan fingerprint density at radius 3 is 2.58 bits per heavy atom. The van der Waals surface area contributed by atoms with Crippen LogP contribution in [0.15, 0.2) is 48.5 Å². The van der Waals surface area contributed by atoms with Crippen LogP contribution >= 0.6 is 22.6 Å². The van der Waals surface area contributed by atoms with Crippen LogP contribution in [0.4, 0.5) is 5.69 Å². The summed E-state index contributed by atoms with van der Waals surface area (Å²) < 4.78 is 6.21. The Morgan fingerprint density at radius 1 is 1.12 bits per heavy atom. The second-order valence-electron chi connectivity index (χ2n) is 5.09. The molecule has 0 fully saturated rings. The largest absolute Gasteiger partial charge is 0.461 e. The molecule has 0 saturated heterocycles. The molecule has 2 rings (SSSR count). The van der Waals surface area contributed by atoms with Crippen molar-refractivity contribution in [3.8, 4) is 0 Å². The summed E-state index contributed by atoms with van der Waals surface area (Å²) in [5.41, 5.74) is 2.24. The molecule has 2 aromatic carbocycles. The van der Waals surface area contributed by atoms with Crippen molar-refractivity contribution in [2.45, 2.75) is 13.0 Å². The molecular weight excluding hydrogens is 419 g/mol. The van der Waals surface area contributed by atoms with E-state index in [9.17, 15) is 9.59 Å². The average Bonchev–Trinajstić information content (AvgIpc) is 2.60. The number of rotatable bonds is 7. The summed E-state index contributed by atoms with van der Waals surface area (Å²) in [5, 5.41) is 5.74. The van der Waals surface area contributed by atoms with Gasteiger partial charge in [-0.2, -0.15) is 0 Å². The molecule has 0 aromatic heterocycles. The van der Waals surface area contributed by atoms with Crippen LogP contribution in [0, 0.1) is 3.57 Å². The number of halogens is 1. The third kappa shape index (κ3) is 5.52. The minimum Gasteiger partial charge on any atom is -0.461 e. The van der Waals surface area contributed by atoms with Gasteiger partial charge in [0.05, 0.1) is 12.0 Å². The summed E-state index contributed by atoms with van der Waals surface area (Å²) in [6.07, 6.45) is 0.137. The second-order valence-corrected chi connectivity index (χ2v) is 6.34. The fraction of sp³-hybridized carbons (Fsp3) is 0.222. The molecule has 5 nitrogen and oxygen atoms in total. The zero-order valence-corrected chi connectivity index (χ0v) is 15.5. The molecule has 6 heteroatoms. The number of carbonyl (C=O) groups is 2. The highest BCUT2D eigenvalue weighted by Gasteiger charge is 2.11. The molecule has 2 aromatic rings. The molecule has 1 amide bonds. The molecule has 0 heterocycles. The van der Waals surface area contributed by atoms with Crippen molar-refractivity contribution in [1.82, 2.24) is 5.32 Å². The van der Waals surface area contributed by atoms with E-state index in [1.807, 2.05) is 42.5 Å². The third-order valence-electron chi connectivity index (χ3n) is 3.35. The normalized spacial score (nSPS) is 10.1. The lowest BCUT2D eigenvalue weighted by molar-refractivity contribution is -0.144. The maximum atomic E-state index is 12.2. The van der Waals surface area contributed by atoms with Gasteiger partial charge in [-0.1, -0.05) is 30.3 Å². The van der Waals surface area contributed by atoms with Gasteiger partial charge >= 0.3 is 5.97 Å². The van der Waals surface area contributed by atoms with Crippen molar-refractivity contribution in [2.24, 2.45) is 0 Å². The predicted molar refractivity (Wildman–Crippen MR) is 102 cm³/mol. The quantitative estimate of drug-likeness (QED) is 0.515. The topological polar surface area (TPSA) is 67.4 Å². The molecule has 0 aliphatic carbocycles. The van der Waals surface area contributed by atoms with Gasteiger partial charge in [0.25, 0.3) is 5.91 Å².